The molecule has 4 nitrogen and oxygen atoms in total. The number of carbonyl (C=O) groups is 1. The molecule has 0 aromatic heterocycles. The Morgan fingerprint density at radius 2 is 2.22 bits per heavy atom. The first-order chi connectivity index (χ1) is 8.65. The molecule has 0 radical (unpaired) electrons. The molecule has 0 bridgehead atoms. The van der Waals surface area contributed by atoms with Crippen LogP contribution in [0.25, 0.3) is 0 Å². The van der Waals surface area contributed by atoms with Gasteiger partial charge in [0.05, 0.1) is 0 Å². The molecule has 2 fully saturated rings. The van der Waals surface area contributed by atoms with Gasteiger partial charge in [-0.25, -0.2) is 0 Å². The van der Waals surface area contributed by atoms with Crippen molar-refractivity contribution in [1.29, 1.82) is 0 Å². The van der Waals surface area contributed by atoms with E-state index in [0.717, 1.165) is 32.6 Å². The molecular weight excluding hydrogens is 226 g/mol. The Hall–Kier alpha value is -0.610. The Balaban J connectivity index is 1.70. The van der Waals surface area contributed by atoms with E-state index < -0.39 is 0 Å². The molecule has 1 N–H and O–H groups in total. The zero-order valence-electron chi connectivity index (χ0n) is 11.8. The number of piperidine rings is 1. The van der Waals surface area contributed by atoms with E-state index in [-0.39, 0.29) is 0 Å². The lowest BCUT2D eigenvalue weighted by atomic mass is 9.95. The third-order valence-corrected chi connectivity index (χ3v) is 4.31. The predicted octanol–water partition coefficient (Wildman–Crippen LogP) is 0.786. The number of amides is 1. The molecular formula is C14H27N3O. The second kappa shape index (κ2) is 6.53. The second-order valence-electron chi connectivity index (χ2n) is 6.11. The molecule has 2 unspecified atom stereocenters. The zero-order chi connectivity index (χ0) is 13.0. The van der Waals surface area contributed by atoms with Crippen molar-refractivity contribution in [2.24, 2.45) is 11.8 Å². The normalized spacial score (nSPS) is 29.4. The van der Waals surface area contributed by atoms with Gasteiger partial charge in [0.15, 0.2) is 0 Å². The van der Waals surface area contributed by atoms with Gasteiger partial charge in [0.1, 0.15) is 0 Å². The molecule has 2 heterocycles. The monoisotopic (exact) mass is 253 g/mol. The van der Waals surface area contributed by atoms with E-state index in [1.54, 1.807) is 0 Å². The molecule has 18 heavy (non-hydrogen) atoms. The minimum atomic E-state index is 0.332. The first-order valence-corrected chi connectivity index (χ1v) is 7.28. The highest BCUT2D eigenvalue weighted by atomic mass is 16.2. The number of hydrogen-bond donors (Lipinski definition) is 1. The van der Waals surface area contributed by atoms with Gasteiger partial charge in [-0.05, 0) is 57.8 Å². The van der Waals surface area contributed by atoms with E-state index in [2.05, 4.69) is 17.3 Å². The summed E-state index contributed by atoms with van der Waals surface area (Å²) in [4.78, 5) is 16.5. The highest BCUT2D eigenvalue weighted by molar-refractivity contribution is 5.76. The van der Waals surface area contributed by atoms with Gasteiger partial charge in [0.25, 0.3) is 0 Å². The molecule has 0 saturated carbocycles. The first-order valence-electron chi connectivity index (χ1n) is 7.28. The molecule has 4 heteroatoms. The van der Waals surface area contributed by atoms with Crippen LogP contribution in [0.4, 0.5) is 0 Å². The fraction of sp³-hybridized carbons (Fsp3) is 0.929. The summed E-state index contributed by atoms with van der Waals surface area (Å²) in [5, 5.41) is 3.38. The van der Waals surface area contributed by atoms with E-state index in [9.17, 15) is 4.79 Å². The summed E-state index contributed by atoms with van der Waals surface area (Å²) < 4.78 is 0. The molecule has 2 aliphatic rings. The van der Waals surface area contributed by atoms with Crippen LogP contribution in [0, 0.1) is 11.8 Å². The lowest BCUT2D eigenvalue weighted by Gasteiger charge is -2.26. The Bertz CT molecular complexity index is 276. The Morgan fingerprint density at radius 1 is 1.39 bits per heavy atom. The average Bonchev–Trinajstić information content (AvgIpc) is 2.76. The van der Waals surface area contributed by atoms with Crippen molar-refractivity contribution in [3.8, 4) is 0 Å². The Labute approximate surface area is 111 Å². The van der Waals surface area contributed by atoms with Crippen molar-refractivity contribution in [1.82, 2.24) is 15.1 Å². The molecule has 2 aliphatic heterocycles. The van der Waals surface area contributed by atoms with E-state index in [1.807, 2.05) is 11.9 Å². The summed E-state index contributed by atoms with van der Waals surface area (Å²) in [7, 11) is 4.13. The van der Waals surface area contributed by atoms with Crippen molar-refractivity contribution < 1.29 is 4.79 Å². The lowest BCUT2D eigenvalue weighted by molar-refractivity contribution is -0.131. The highest BCUT2D eigenvalue weighted by Crippen LogP contribution is 2.18. The van der Waals surface area contributed by atoms with E-state index in [4.69, 9.17) is 0 Å². The van der Waals surface area contributed by atoms with E-state index in [1.165, 1.54) is 25.8 Å². The van der Waals surface area contributed by atoms with Crippen molar-refractivity contribution in [3.63, 3.8) is 0 Å². The fourth-order valence-corrected chi connectivity index (χ4v) is 3.17. The number of hydrogen-bond acceptors (Lipinski definition) is 3. The maximum atomic E-state index is 12.2. The van der Waals surface area contributed by atoms with Gasteiger partial charge in [0.2, 0.25) is 5.91 Å². The zero-order valence-corrected chi connectivity index (χ0v) is 11.8. The summed E-state index contributed by atoms with van der Waals surface area (Å²) in [6.45, 7) is 5.39. The van der Waals surface area contributed by atoms with E-state index in [0.29, 0.717) is 17.7 Å². The lowest BCUT2D eigenvalue weighted by Crippen LogP contribution is -2.37. The average molecular weight is 253 g/mol. The molecule has 2 rings (SSSR count). The smallest absolute Gasteiger partial charge is 0.222 e. The quantitative estimate of drug-likeness (QED) is 0.804. The van der Waals surface area contributed by atoms with Gasteiger partial charge >= 0.3 is 0 Å². The molecule has 2 saturated heterocycles. The van der Waals surface area contributed by atoms with Crippen molar-refractivity contribution in [3.05, 3.63) is 0 Å². The second-order valence-corrected chi connectivity index (χ2v) is 6.11. The highest BCUT2D eigenvalue weighted by Gasteiger charge is 2.24. The van der Waals surface area contributed by atoms with Crippen molar-refractivity contribution in [2.45, 2.75) is 25.7 Å². The van der Waals surface area contributed by atoms with Gasteiger partial charge in [0, 0.05) is 26.6 Å². The fourth-order valence-electron chi connectivity index (χ4n) is 3.17. The molecule has 2 atom stereocenters. The topological polar surface area (TPSA) is 35.6 Å². The first kappa shape index (κ1) is 13.8. The third-order valence-electron chi connectivity index (χ3n) is 4.31. The molecule has 0 aliphatic carbocycles. The van der Waals surface area contributed by atoms with Crippen LogP contribution in [-0.4, -0.2) is 62.5 Å². The largest absolute Gasteiger partial charge is 0.345 e. The van der Waals surface area contributed by atoms with Gasteiger partial charge in [-0.2, -0.15) is 0 Å². The Morgan fingerprint density at radius 3 is 2.83 bits per heavy atom. The summed E-state index contributed by atoms with van der Waals surface area (Å²) in [5.74, 6) is 1.56. The maximum absolute atomic E-state index is 12.2. The van der Waals surface area contributed by atoms with Crippen LogP contribution < -0.4 is 5.32 Å². The predicted molar refractivity (Wildman–Crippen MR) is 73.5 cm³/mol. The van der Waals surface area contributed by atoms with Crippen molar-refractivity contribution in [2.75, 3.05) is 46.8 Å². The van der Waals surface area contributed by atoms with Crippen LogP contribution >= 0.6 is 0 Å². The molecule has 0 spiro atoms. The number of nitrogens with one attached hydrogen (secondary N) is 1. The number of carbonyl (C=O) groups excluding carboxylic acids is 1. The number of rotatable bonds is 4. The maximum Gasteiger partial charge on any atom is 0.222 e. The number of nitrogens with zero attached hydrogens (tertiary/aromatic N) is 2. The minimum absolute atomic E-state index is 0.332. The molecule has 104 valence electrons. The minimum Gasteiger partial charge on any atom is -0.345 e. The van der Waals surface area contributed by atoms with Crippen LogP contribution in [0.2, 0.25) is 0 Å². The van der Waals surface area contributed by atoms with Crippen molar-refractivity contribution >= 4 is 5.91 Å². The molecule has 0 aromatic carbocycles. The standard InChI is InChI=1S/C14H27N3O/c1-16-7-5-13(10-16)11-17(2)14(18)8-12-4-3-6-15-9-12/h12-13,15H,3-11H2,1-2H3. The van der Waals surface area contributed by atoms with Gasteiger partial charge in [-0.3, -0.25) is 4.79 Å². The van der Waals surface area contributed by atoms with Gasteiger partial charge in [-0.1, -0.05) is 0 Å². The Kier molecular flexibility index (Phi) is 5.01. The van der Waals surface area contributed by atoms with E-state index >= 15 is 0 Å². The summed E-state index contributed by atoms with van der Waals surface area (Å²) in [6.07, 6.45) is 4.39. The summed E-state index contributed by atoms with van der Waals surface area (Å²) in [5.41, 5.74) is 0. The number of likely N-dealkylation sites (tertiary alicyclic amines) is 1. The van der Waals surface area contributed by atoms with Gasteiger partial charge in [-0.15, -0.1) is 0 Å². The van der Waals surface area contributed by atoms with Crippen LogP contribution in [0.3, 0.4) is 0 Å². The van der Waals surface area contributed by atoms with Crippen LogP contribution in [0.1, 0.15) is 25.7 Å². The molecule has 0 aromatic rings. The SMILES string of the molecule is CN1CCC(CN(C)C(=O)CC2CCCNC2)C1. The molecule has 1 amide bonds. The van der Waals surface area contributed by atoms with Crippen LogP contribution in [0.5, 0.6) is 0 Å². The van der Waals surface area contributed by atoms with Gasteiger partial charge < -0.3 is 15.1 Å². The summed E-state index contributed by atoms with van der Waals surface area (Å²) in [6, 6.07) is 0. The third kappa shape index (κ3) is 3.95. The summed E-state index contributed by atoms with van der Waals surface area (Å²) >= 11 is 0. The van der Waals surface area contributed by atoms with Crippen LogP contribution in [0.15, 0.2) is 0 Å². The van der Waals surface area contributed by atoms with Crippen LogP contribution in [-0.2, 0) is 4.79 Å².